The van der Waals surface area contributed by atoms with Gasteiger partial charge in [-0.2, -0.15) is 0 Å². The number of hydrogen-bond donors (Lipinski definition) is 2. The summed E-state index contributed by atoms with van der Waals surface area (Å²) in [6, 6.07) is 6.35. The Balaban J connectivity index is 2.03. The molecule has 0 bridgehead atoms. The van der Waals surface area contributed by atoms with Gasteiger partial charge in [-0.05, 0) is 37.1 Å². The first-order chi connectivity index (χ1) is 8.83. The molecule has 1 aromatic carbocycles. The van der Waals surface area contributed by atoms with Gasteiger partial charge in [0.05, 0.1) is 10.3 Å². The van der Waals surface area contributed by atoms with Gasteiger partial charge in [0.2, 0.25) is 0 Å². The van der Waals surface area contributed by atoms with Crippen LogP contribution in [0.5, 0.6) is 0 Å². The molecular weight excluding hydrogens is 266 g/mol. The molecule has 0 atom stereocenters. The van der Waals surface area contributed by atoms with Gasteiger partial charge in [-0.3, -0.25) is 4.79 Å². The number of anilines is 1. The molecule has 1 aromatic rings. The second-order valence-corrected chi connectivity index (χ2v) is 7.10. The number of benzene rings is 1. The highest BCUT2D eigenvalue weighted by atomic mass is 32.2. The lowest BCUT2D eigenvalue weighted by atomic mass is 9.69. The molecule has 1 fully saturated rings. The average molecular weight is 283 g/mol. The van der Waals surface area contributed by atoms with Gasteiger partial charge < -0.3 is 10.4 Å². The fourth-order valence-electron chi connectivity index (χ4n) is 2.16. The largest absolute Gasteiger partial charge is 0.481 e. The van der Waals surface area contributed by atoms with Crippen LogP contribution in [-0.4, -0.2) is 32.3 Å². The van der Waals surface area contributed by atoms with E-state index in [-0.39, 0.29) is 4.90 Å². The number of carboxylic acids is 1. The molecule has 1 aliphatic rings. The summed E-state index contributed by atoms with van der Waals surface area (Å²) in [7, 11) is -3.19. The zero-order valence-electron chi connectivity index (χ0n) is 10.7. The van der Waals surface area contributed by atoms with Crippen molar-refractivity contribution in [3.63, 3.8) is 0 Å². The average Bonchev–Trinajstić information content (AvgIpc) is 2.26. The van der Waals surface area contributed by atoms with E-state index in [1.54, 1.807) is 12.1 Å². The van der Waals surface area contributed by atoms with Crippen molar-refractivity contribution in [1.82, 2.24) is 0 Å². The summed E-state index contributed by atoms with van der Waals surface area (Å²) in [6.07, 6.45) is 3.48. The highest BCUT2D eigenvalue weighted by Crippen LogP contribution is 2.41. The molecule has 19 heavy (non-hydrogen) atoms. The van der Waals surface area contributed by atoms with Crippen LogP contribution < -0.4 is 5.32 Å². The minimum absolute atomic E-state index is 0.259. The SMILES string of the molecule is CS(=O)(=O)c1ccc(NCC2(C(=O)O)CCC2)cc1. The van der Waals surface area contributed by atoms with Crippen LogP contribution in [0.1, 0.15) is 19.3 Å². The standard InChI is InChI=1S/C13H17NO4S/c1-19(17,18)11-5-3-10(4-6-11)14-9-13(12(15)16)7-2-8-13/h3-6,14H,2,7-9H2,1H3,(H,15,16). The highest BCUT2D eigenvalue weighted by molar-refractivity contribution is 7.90. The Hall–Kier alpha value is -1.56. The third-order valence-corrected chi connectivity index (χ3v) is 4.81. The van der Waals surface area contributed by atoms with Crippen LogP contribution in [0.25, 0.3) is 0 Å². The topological polar surface area (TPSA) is 83.5 Å². The van der Waals surface area contributed by atoms with E-state index in [9.17, 15) is 18.3 Å². The third kappa shape index (κ3) is 2.89. The Bertz CT molecular complexity index is 573. The van der Waals surface area contributed by atoms with Crippen LogP contribution in [0.2, 0.25) is 0 Å². The lowest BCUT2D eigenvalue weighted by Gasteiger charge is -2.37. The summed E-state index contributed by atoms with van der Waals surface area (Å²) in [5.74, 6) is -0.765. The van der Waals surface area contributed by atoms with E-state index in [1.807, 2.05) is 0 Å². The minimum Gasteiger partial charge on any atom is -0.481 e. The van der Waals surface area contributed by atoms with Gasteiger partial charge in [-0.15, -0.1) is 0 Å². The molecule has 0 spiro atoms. The van der Waals surface area contributed by atoms with E-state index in [1.165, 1.54) is 12.1 Å². The predicted molar refractivity (Wildman–Crippen MR) is 72.0 cm³/mol. The van der Waals surface area contributed by atoms with E-state index < -0.39 is 21.2 Å². The van der Waals surface area contributed by atoms with Gasteiger partial charge >= 0.3 is 5.97 Å². The molecule has 1 aliphatic carbocycles. The Morgan fingerprint density at radius 1 is 1.32 bits per heavy atom. The third-order valence-electron chi connectivity index (χ3n) is 3.68. The van der Waals surface area contributed by atoms with E-state index in [2.05, 4.69) is 5.32 Å². The highest BCUT2D eigenvalue weighted by Gasteiger charge is 2.44. The Kier molecular flexibility index (Phi) is 3.54. The number of rotatable bonds is 5. The maximum Gasteiger partial charge on any atom is 0.311 e. The van der Waals surface area contributed by atoms with Crippen LogP contribution in [0.3, 0.4) is 0 Å². The first kappa shape index (κ1) is 13.9. The quantitative estimate of drug-likeness (QED) is 0.860. The fraction of sp³-hybridized carbons (Fsp3) is 0.462. The summed E-state index contributed by atoms with van der Waals surface area (Å²) in [6.45, 7) is 0.376. The van der Waals surface area contributed by atoms with Crippen LogP contribution >= 0.6 is 0 Å². The Morgan fingerprint density at radius 3 is 2.26 bits per heavy atom. The van der Waals surface area contributed by atoms with Crippen molar-refractivity contribution < 1.29 is 18.3 Å². The Morgan fingerprint density at radius 2 is 1.89 bits per heavy atom. The summed E-state index contributed by atoms with van der Waals surface area (Å²) in [5, 5.41) is 12.3. The van der Waals surface area contributed by atoms with Gasteiger partial charge in [-0.1, -0.05) is 6.42 Å². The first-order valence-electron chi connectivity index (χ1n) is 6.11. The van der Waals surface area contributed by atoms with Gasteiger partial charge in [0.1, 0.15) is 0 Å². The maximum atomic E-state index is 11.3. The van der Waals surface area contributed by atoms with E-state index in [4.69, 9.17) is 0 Å². The molecule has 2 rings (SSSR count). The Labute approximate surface area is 112 Å². The molecule has 0 amide bonds. The van der Waals surface area contributed by atoms with Crippen molar-refractivity contribution in [3.8, 4) is 0 Å². The zero-order chi connectivity index (χ0) is 14.1. The van der Waals surface area contributed by atoms with Crippen molar-refractivity contribution >= 4 is 21.5 Å². The molecular formula is C13H17NO4S. The van der Waals surface area contributed by atoms with Crippen LogP contribution in [0.15, 0.2) is 29.2 Å². The molecule has 0 saturated heterocycles. The summed E-state index contributed by atoms with van der Waals surface area (Å²) >= 11 is 0. The van der Waals surface area contributed by atoms with Crippen LogP contribution in [0, 0.1) is 5.41 Å². The molecule has 104 valence electrons. The number of nitrogens with one attached hydrogen (secondary N) is 1. The maximum absolute atomic E-state index is 11.3. The lowest BCUT2D eigenvalue weighted by Crippen LogP contribution is -2.43. The van der Waals surface area contributed by atoms with Crippen LogP contribution in [-0.2, 0) is 14.6 Å². The summed E-state index contributed by atoms with van der Waals surface area (Å²) < 4.78 is 22.6. The molecule has 0 aromatic heterocycles. The second kappa shape index (κ2) is 4.85. The van der Waals surface area contributed by atoms with Gasteiger partial charge in [0, 0.05) is 18.5 Å². The predicted octanol–water partition coefficient (Wildman–Crippen LogP) is 1.76. The van der Waals surface area contributed by atoms with Gasteiger partial charge in [-0.25, -0.2) is 8.42 Å². The number of carboxylic acid groups (broad SMARTS) is 1. The molecule has 6 heteroatoms. The number of aliphatic carboxylic acids is 1. The number of carbonyl (C=O) groups is 1. The lowest BCUT2D eigenvalue weighted by molar-refractivity contribution is -0.153. The molecule has 1 saturated carbocycles. The monoisotopic (exact) mass is 283 g/mol. The van der Waals surface area contributed by atoms with Crippen LogP contribution in [0.4, 0.5) is 5.69 Å². The molecule has 0 heterocycles. The minimum atomic E-state index is -3.19. The van der Waals surface area contributed by atoms with Crippen molar-refractivity contribution in [1.29, 1.82) is 0 Å². The smallest absolute Gasteiger partial charge is 0.311 e. The summed E-state index contributed by atoms with van der Waals surface area (Å²) in [4.78, 5) is 11.4. The van der Waals surface area contributed by atoms with Crippen molar-refractivity contribution in [2.45, 2.75) is 24.2 Å². The zero-order valence-corrected chi connectivity index (χ0v) is 11.5. The van der Waals surface area contributed by atoms with Gasteiger partial charge in [0.15, 0.2) is 9.84 Å². The molecule has 0 aliphatic heterocycles. The normalized spacial score (nSPS) is 17.5. The molecule has 5 nitrogen and oxygen atoms in total. The molecule has 0 unspecified atom stereocenters. The number of hydrogen-bond acceptors (Lipinski definition) is 4. The first-order valence-corrected chi connectivity index (χ1v) is 8.00. The van der Waals surface area contributed by atoms with E-state index in [0.717, 1.165) is 18.4 Å². The molecule has 0 radical (unpaired) electrons. The second-order valence-electron chi connectivity index (χ2n) is 5.09. The molecule has 2 N–H and O–H groups in total. The fourth-order valence-corrected chi connectivity index (χ4v) is 2.79. The van der Waals surface area contributed by atoms with Crippen molar-refractivity contribution in [3.05, 3.63) is 24.3 Å². The van der Waals surface area contributed by atoms with Crippen molar-refractivity contribution in [2.24, 2.45) is 5.41 Å². The number of sulfone groups is 1. The summed E-state index contributed by atoms with van der Waals surface area (Å²) in [5.41, 5.74) is 0.0788. The van der Waals surface area contributed by atoms with E-state index >= 15 is 0 Å². The van der Waals surface area contributed by atoms with E-state index in [0.29, 0.717) is 19.4 Å². The van der Waals surface area contributed by atoms with Gasteiger partial charge in [0.25, 0.3) is 0 Å². The van der Waals surface area contributed by atoms with Crippen molar-refractivity contribution in [2.75, 3.05) is 18.1 Å².